The Balaban J connectivity index is 1.63. The number of hydrogen-bond donors (Lipinski definition) is 0. The largest absolute Gasteiger partial charge is 0.316 e. The molecule has 3 aromatic rings. The van der Waals surface area contributed by atoms with Gasteiger partial charge >= 0.3 is 0 Å². The molecular weight excluding hydrogens is 324 g/mol. The lowest BCUT2D eigenvalue weighted by Crippen LogP contribution is -2.28. The van der Waals surface area contributed by atoms with Crippen LogP contribution in [0.2, 0.25) is 0 Å². The Morgan fingerprint density at radius 2 is 1.92 bits per heavy atom. The van der Waals surface area contributed by atoms with Crippen LogP contribution in [-0.4, -0.2) is 40.3 Å². The number of fused-ring (bicyclic) bond motifs is 1. The minimum atomic E-state index is -3.44. The first-order valence-electron chi connectivity index (χ1n) is 7.90. The molecule has 1 aliphatic heterocycles. The number of hydrogen-bond acceptors (Lipinski definition) is 4. The van der Waals surface area contributed by atoms with E-state index in [4.69, 9.17) is 0 Å². The van der Waals surface area contributed by atoms with Crippen LogP contribution in [0, 0.1) is 0 Å². The Bertz CT molecular complexity index is 982. The van der Waals surface area contributed by atoms with E-state index in [2.05, 4.69) is 9.97 Å². The molecule has 0 bridgehead atoms. The highest BCUT2D eigenvalue weighted by Gasteiger charge is 2.35. The highest BCUT2D eigenvalue weighted by atomic mass is 32.2. The molecule has 124 valence electrons. The van der Waals surface area contributed by atoms with Crippen molar-refractivity contribution in [3.8, 4) is 0 Å². The van der Waals surface area contributed by atoms with Crippen molar-refractivity contribution in [2.45, 2.75) is 17.2 Å². The lowest BCUT2D eigenvalue weighted by molar-refractivity contribution is 0.470. The van der Waals surface area contributed by atoms with Gasteiger partial charge in [-0.05, 0) is 30.7 Å². The fourth-order valence-electron chi connectivity index (χ4n) is 3.31. The van der Waals surface area contributed by atoms with Gasteiger partial charge in [-0.15, -0.1) is 0 Å². The van der Waals surface area contributed by atoms with Gasteiger partial charge in [0.2, 0.25) is 10.0 Å². The van der Waals surface area contributed by atoms with Crippen LogP contribution in [0.15, 0.2) is 53.6 Å². The molecule has 0 aliphatic carbocycles. The molecule has 1 aromatic carbocycles. The number of sulfonamides is 1. The molecule has 0 unspecified atom stereocenters. The van der Waals surface area contributed by atoms with Crippen molar-refractivity contribution in [3.63, 3.8) is 0 Å². The summed E-state index contributed by atoms with van der Waals surface area (Å²) in [4.78, 5) is 9.36. The van der Waals surface area contributed by atoms with Gasteiger partial charge in [0.1, 0.15) is 11.3 Å². The smallest absolute Gasteiger partial charge is 0.243 e. The van der Waals surface area contributed by atoms with Crippen molar-refractivity contribution in [1.29, 1.82) is 0 Å². The summed E-state index contributed by atoms with van der Waals surface area (Å²) in [6.07, 6.45) is 2.51. The Morgan fingerprint density at radius 3 is 2.67 bits per heavy atom. The molecule has 3 heterocycles. The van der Waals surface area contributed by atoms with Crippen LogP contribution in [0.1, 0.15) is 18.2 Å². The van der Waals surface area contributed by atoms with E-state index in [0.29, 0.717) is 18.0 Å². The molecule has 0 saturated carbocycles. The van der Waals surface area contributed by atoms with Crippen LogP contribution in [-0.2, 0) is 17.1 Å². The quantitative estimate of drug-likeness (QED) is 0.731. The van der Waals surface area contributed by atoms with Crippen molar-refractivity contribution in [2.24, 2.45) is 7.05 Å². The first kappa shape index (κ1) is 15.3. The van der Waals surface area contributed by atoms with Gasteiger partial charge < -0.3 is 4.57 Å². The predicted octanol–water partition coefficient (Wildman–Crippen LogP) is 2.15. The van der Waals surface area contributed by atoms with E-state index >= 15 is 0 Å². The van der Waals surface area contributed by atoms with Crippen LogP contribution in [0.25, 0.3) is 11.2 Å². The van der Waals surface area contributed by atoms with Gasteiger partial charge in [-0.2, -0.15) is 4.31 Å². The lowest BCUT2D eigenvalue weighted by Gasteiger charge is -2.16. The summed E-state index contributed by atoms with van der Waals surface area (Å²) >= 11 is 0. The molecule has 6 nitrogen and oxygen atoms in total. The second kappa shape index (κ2) is 5.68. The van der Waals surface area contributed by atoms with Gasteiger partial charge in [-0.1, -0.05) is 18.2 Å². The molecule has 1 fully saturated rings. The second-order valence-electron chi connectivity index (χ2n) is 6.04. The molecule has 7 heteroatoms. The van der Waals surface area contributed by atoms with Crippen molar-refractivity contribution >= 4 is 21.2 Å². The Hall–Kier alpha value is -2.25. The highest BCUT2D eigenvalue weighted by molar-refractivity contribution is 7.89. The second-order valence-corrected chi connectivity index (χ2v) is 7.97. The third-order valence-electron chi connectivity index (χ3n) is 4.56. The summed E-state index contributed by atoms with van der Waals surface area (Å²) in [6, 6.07) is 12.4. The van der Waals surface area contributed by atoms with Gasteiger partial charge in [-0.3, -0.25) is 0 Å². The van der Waals surface area contributed by atoms with Gasteiger partial charge in [0.05, 0.1) is 4.90 Å². The monoisotopic (exact) mass is 342 g/mol. The summed E-state index contributed by atoms with van der Waals surface area (Å²) < 4.78 is 29.0. The number of aromatic nitrogens is 3. The molecule has 0 N–H and O–H groups in total. The van der Waals surface area contributed by atoms with E-state index in [1.54, 1.807) is 34.8 Å². The average Bonchev–Trinajstić information content (AvgIpc) is 3.22. The summed E-state index contributed by atoms with van der Waals surface area (Å²) in [5.41, 5.74) is 1.68. The normalized spacial score (nSPS) is 19.1. The molecule has 0 amide bonds. The van der Waals surface area contributed by atoms with Gasteiger partial charge in [-0.25, -0.2) is 18.4 Å². The molecule has 1 saturated heterocycles. The van der Waals surface area contributed by atoms with Gasteiger partial charge in [0, 0.05) is 32.3 Å². The van der Waals surface area contributed by atoms with Crippen LogP contribution in [0.3, 0.4) is 0 Å². The van der Waals surface area contributed by atoms with Crippen molar-refractivity contribution < 1.29 is 8.42 Å². The topological polar surface area (TPSA) is 68.1 Å². The number of rotatable bonds is 3. The van der Waals surface area contributed by atoms with Crippen molar-refractivity contribution in [1.82, 2.24) is 18.8 Å². The predicted molar refractivity (Wildman–Crippen MR) is 91.1 cm³/mol. The van der Waals surface area contributed by atoms with E-state index in [1.165, 1.54) is 0 Å². The number of aryl methyl sites for hydroxylation is 1. The fourth-order valence-corrected chi connectivity index (χ4v) is 4.83. The maximum Gasteiger partial charge on any atom is 0.243 e. The summed E-state index contributed by atoms with van der Waals surface area (Å²) in [5, 5.41) is 0. The zero-order chi connectivity index (χ0) is 16.7. The van der Waals surface area contributed by atoms with E-state index in [9.17, 15) is 8.42 Å². The number of pyridine rings is 1. The average molecular weight is 342 g/mol. The van der Waals surface area contributed by atoms with E-state index in [1.807, 2.05) is 29.8 Å². The standard InChI is InChI=1S/C17H18N4O2S/c1-20-16(19-15-8-5-10-18-17(15)20)13-9-11-21(12-13)24(22,23)14-6-3-2-4-7-14/h2-8,10,13H,9,11-12H2,1H3/t13-/m0/s1. The van der Waals surface area contributed by atoms with Crippen molar-refractivity contribution in [2.75, 3.05) is 13.1 Å². The zero-order valence-corrected chi connectivity index (χ0v) is 14.1. The zero-order valence-electron chi connectivity index (χ0n) is 13.3. The Kier molecular flexibility index (Phi) is 3.62. The van der Waals surface area contributed by atoms with Crippen molar-refractivity contribution in [3.05, 3.63) is 54.5 Å². The molecule has 1 atom stereocenters. The molecule has 2 aromatic heterocycles. The molecule has 24 heavy (non-hydrogen) atoms. The number of nitrogens with zero attached hydrogens (tertiary/aromatic N) is 4. The maximum atomic E-state index is 12.8. The first-order valence-corrected chi connectivity index (χ1v) is 9.34. The third kappa shape index (κ3) is 2.40. The third-order valence-corrected chi connectivity index (χ3v) is 6.44. The van der Waals surface area contributed by atoms with Gasteiger partial charge in [0.25, 0.3) is 0 Å². The summed E-state index contributed by atoms with van der Waals surface area (Å²) in [5.74, 6) is 0.983. The van der Waals surface area contributed by atoms with Crippen LogP contribution in [0.5, 0.6) is 0 Å². The van der Waals surface area contributed by atoms with Crippen LogP contribution >= 0.6 is 0 Å². The van der Waals surface area contributed by atoms with E-state index in [-0.39, 0.29) is 5.92 Å². The van der Waals surface area contributed by atoms with Crippen LogP contribution < -0.4 is 0 Å². The molecule has 0 spiro atoms. The Labute approximate surface area is 140 Å². The molecule has 4 rings (SSSR count). The SMILES string of the molecule is Cn1c([C@H]2CCN(S(=O)(=O)c3ccccc3)C2)nc2cccnc21. The van der Waals surface area contributed by atoms with E-state index in [0.717, 1.165) is 23.4 Å². The lowest BCUT2D eigenvalue weighted by atomic mass is 10.1. The van der Waals surface area contributed by atoms with Gasteiger partial charge in [0.15, 0.2) is 5.65 Å². The molecule has 0 radical (unpaired) electrons. The highest BCUT2D eigenvalue weighted by Crippen LogP contribution is 2.31. The minimum Gasteiger partial charge on any atom is -0.316 e. The maximum absolute atomic E-state index is 12.8. The number of imidazole rings is 1. The summed E-state index contributed by atoms with van der Waals surface area (Å²) in [6.45, 7) is 0.965. The van der Waals surface area contributed by atoms with Crippen LogP contribution in [0.4, 0.5) is 0 Å². The first-order chi connectivity index (χ1) is 11.6. The number of benzene rings is 1. The van der Waals surface area contributed by atoms with E-state index < -0.39 is 10.0 Å². The molecular formula is C17H18N4O2S. The fraction of sp³-hybridized carbons (Fsp3) is 0.294. The Morgan fingerprint density at radius 1 is 1.12 bits per heavy atom. The minimum absolute atomic E-state index is 0.0858. The summed E-state index contributed by atoms with van der Waals surface area (Å²) in [7, 11) is -1.51. The molecule has 1 aliphatic rings.